The standard InChI is InChI=1S/C19H26N2O6S/c1-4-21(17-9-10-28(25,26)12-17)19(24)13(2)27-18(23)11-15-5-7-16(8-6-15)20-14(3)22/h5-8,13,17H,4,9-12H2,1-3H3,(H,20,22)/t13-,17-/m1/s1. The summed E-state index contributed by atoms with van der Waals surface area (Å²) in [5.41, 5.74) is 1.31. The number of benzene rings is 1. The first-order valence-electron chi connectivity index (χ1n) is 9.18. The lowest BCUT2D eigenvalue weighted by atomic mass is 10.1. The highest BCUT2D eigenvalue weighted by atomic mass is 32.2. The smallest absolute Gasteiger partial charge is 0.311 e. The lowest BCUT2D eigenvalue weighted by Gasteiger charge is -2.29. The van der Waals surface area contributed by atoms with Gasteiger partial charge < -0.3 is 15.0 Å². The Balaban J connectivity index is 1.91. The summed E-state index contributed by atoms with van der Waals surface area (Å²) in [6.07, 6.45) is -0.597. The van der Waals surface area contributed by atoms with Crippen LogP contribution in [-0.2, 0) is 35.4 Å². The van der Waals surface area contributed by atoms with E-state index >= 15 is 0 Å². The molecule has 9 heteroatoms. The average Bonchev–Trinajstić information content (AvgIpc) is 2.96. The molecule has 1 aromatic rings. The molecule has 1 aliphatic rings. The number of amides is 2. The number of nitrogens with zero attached hydrogens (tertiary/aromatic N) is 1. The number of likely N-dealkylation sites (N-methyl/N-ethyl adjacent to an activating group) is 1. The Morgan fingerprint density at radius 1 is 1.25 bits per heavy atom. The van der Waals surface area contributed by atoms with Crippen LogP contribution in [0.3, 0.4) is 0 Å². The number of ether oxygens (including phenoxy) is 1. The van der Waals surface area contributed by atoms with Gasteiger partial charge in [-0.05, 0) is 38.0 Å². The van der Waals surface area contributed by atoms with Crippen LogP contribution in [0.4, 0.5) is 5.69 Å². The number of carbonyl (C=O) groups excluding carboxylic acids is 3. The molecular formula is C19H26N2O6S. The Morgan fingerprint density at radius 3 is 2.39 bits per heavy atom. The molecule has 154 valence electrons. The number of rotatable bonds is 7. The first kappa shape index (κ1) is 21.9. The van der Waals surface area contributed by atoms with Gasteiger partial charge in [0, 0.05) is 25.2 Å². The van der Waals surface area contributed by atoms with Crippen LogP contribution in [0.2, 0.25) is 0 Å². The van der Waals surface area contributed by atoms with E-state index in [-0.39, 0.29) is 35.8 Å². The zero-order valence-electron chi connectivity index (χ0n) is 16.3. The lowest BCUT2D eigenvalue weighted by Crippen LogP contribution is -2.46. The Labute approximate surface area is 165 Å². The van der Waals surface area contributed by atoms with Crippen molar-refractivity contribution in [3.8, 4) is 0 Å². The molecule has 1 N–H and O–H groups in total. The summed E-state index contributed by atoms with van der Waals surface area (Å²) < 4.78 is 28.6. The highest BCUT2D eigenvalue weighted by Gasteiger charge is 2.36. The number of sulfone groups is 1. The molecule has 28 heavy (non-hydrogen) atoms. The number of esters is 1. The van der Waals surface area contributed by atoms with E-state index < -0.39 is 21.9 Å². The lowest BCUT2D eigenvalue weighted by molar-refractivity contribution is -0.159. The molecule has 0 bridgehead atoms. The first-order valence-corrected chi connectivity index (χ1v) is 11.0. The van der Waals surface area contributed by atoms with Crippen LogP contribution >= 0.6 is 0 Å². The molecular weight excluding hydrogens is 384 g/mol. The molecule has 0 aromatic heterocycles. The minimum absolute atomic E-state index is 0.0120. The van der Waals surface area contributed by atoms with Gasteiger partial charge in [0.2, 0.25) is 5.91 Å². The second-order valence-electron chi connectivity index (χ2n) is 6.87. The minimum atomic E-state index is -3.11. The Hall–Kier alpha value is -2.42. The normalized spacial score (nSPS) is 18.9. The second kappa shape index (κ2) is 9.18. The van der Waals surface area contributed by atoms with Crippen molar-refractivity contribution in [2.45, 2.75) is 45.8 Å². The highest BCUT2D eigenvalue weighted by molar-refractivity contribution is 7.91. The summed E-state index contributed by atoms with van der Waals surface area (Å²) in [7, 11) is -3.11. The summed E-state index contributed by atoms with van der Waals surface area (Å²) >= 11 is 0. The van der Waals surface area contributed by atoms with Crippen molar-refractivity contribution in [2.75, 3.05) is 23.4 Å². The van der Waals surface area contributed by atoms with E-state index in [1.807, 2.05) is 0 Å². The Bertz CT molecular complexity index is 834. The van der Waals surface area contributed by atoms with Crippen LogP contribution in [0, 0.1) is 0 Å². The molecule has 1 heterocycles. The summed E-state index contributed by atoms with van der Waals surface area (Å²) in [6.45, 7) is 5.02. The van der Waals surface area contributed by atoms with Crippen molar-refractivity contribution >= 4 is 33.3 Å². The maximum absolute atomic E-state index is 12.6. The molecule has 2 rings (SSSR count). The number of carbonyl (C=O) groups is 3. The van der Waals surface area contributed by atoms with Gasteiger partial charge in [-0.15, -0.1) is 0 Å². The molecule has 1 aromatic carbocycles. The molecule has 0 radical (unpaired) electrons. The van der Waals surface area contributed by atoms with Crippen molar-refractivity contribution in [3.05, 3.63) is 29.8 Å². The fourth-order valence-corrected chi connectivity index (χ4v) is 4.94. The summed E-state index contributed by atoms with van der Waals surface area (Å²) in [4.78, 5) is 37.3. The van der Waals surface area contributed by atoms with E-state index in [4.69, 9.17) is 4.74 Å². The summed E-state index contributed by atoms with van der Waals surface area (Å²) in [5, 5.41) is 2.64. The van der Waals surface area contributed by atoms with Gasteiger partial charge in [0.15, 0.2) is 15.9 Å². The molecule has 8 nitrogen and oxygen atoms in total. The third kappa shape index (κ3) is 6.05. The molecule has 0 aliphatic carbocycles. The summed E-state index contributed by atoms with van der Waals surface area (Å²) in [6, 6.07) is 6.38. The molecule has 1 saturated heterocycles. The Morgan fingerprint density at radius 2 is 1.89 bits per heavy atom. The predicted molar refractivity (Wildman–Crippen MR) is 104 cm³/mol. The SMILES string of the molecule is CCN(C(=O)[C@@H](C)OC(=O)Cc1ccc(NC(C)=O)cc1)[C@@H]1CCS(=O)(=O)C1. The minimum Gasteiger partial charge on any atom is -0.452 e. The van der Waals surface area contributed by atoms with Crippen LogP contribution in [0.1, 0.15) is 32.8 Å². The van der Waals surface area contributed by atoms with Crippen LogP contribution < -0.4 is 5.32 Å². The van der Waals surface area contributed by atoms with Crippen molar-refractivity contribution < 1.29 is 27.5 Å². The van der Waals surface area contributed by atoms with Gasteiger partial charge in [0.25, 0.3) is 5.91 Å². The van der Waals surface area contributed by atoms with Gasteiger partial charge in [-0.2, -0.15) is 0 Å². The Kier molecular flexibility index (Phi) is 7.17. The van der Waals surface area contributed by atoms with Crippen molar-refractivity contribution in [2.24, 2.45) is 0 Å². The van der Waals surface area contributed by atoms with E-state index in [1.165, 1.54) is 18.7 Å². The zero-order chi connectivity index (χ0) is 20.9. The van der Waals surface area contributed by atoms with Gasteiger partial charge in [0.1, 0.15) is 0 Å². The van der Waals surface area contributed by atoms with Crippen LogP contribution in [-0.4, -0.2) is 61.3 Å². The maximum atomic E-state index is 12.6. The monoisotopic (exact) mass is 410 g/mol. The summed E-state index contributed by atoms with van der Waals surface area (Å²) in [5.74, 6) is -1.10. The van der Waals surface area contributed by atoms with Gasteiger partial charge in [-0.1, -0.05) is 12.1 Å². The molecule has 0 saturated carbocycles. The van der Waals surface area contributed by atoms with E-state index in [1.54, 1.807) is 31.2 Å². The number of nitrogens with one attached hydrogen (secondary N) is 1. The van der Waals surface area contributed by atoms with Crippen LogP contribution in [0.25, 0.3) is 0 Å². The van der Waals surface area contributed by atoms with E-state index in [2.05, 4.69) is 5.32 Å². The molecule has 1 aliphatic heterocycles. The van der Waals surface area contributed by atoms with E-state index in [0.717, 1.165) is 0 Å². The third-order valence-corrected chi connectivity index (χ3v) is 6.30. The van der Waals surface area contributed by atoms with Crippen molar-refractivity contribution in [3.63, 3.8) is 0 Å². The van der Waals surface area contributed by atoms with Gasteiger partial charge in [-0.3, -0.25) is 14.4 Å². The molecule has 0 spiro atoms. The average molecular weight is 410 g/mol. The largest absolute Gasteiger partial charge is 0.452 e. The second-order valence-corrected chi connectivity index (χ2v) is 9.10. The van der Waals surface area contributed by atoms with Gasteiger partial charge in [0.05, 0.1) is 17.9 Å². The topological polar surface area (TPSA) is 110 Å². The molecule has 2 amide bonds. The van der Waals surface area contributed by atoms with Crippen molar-refractivity contribution in [1.82, 2.24) is 4.90 Å². The third-order valence-electron chi connectivity index (χ3n) is 4.55. The highest BCUT2D eigenvalue weighted by Crippen LogP contribution is 2.19. The molecule has 0 unspecified atom stereocenters. The quantitative estimate of drug-likeness (QED) is 0.676. The predicted octanol–water partition coefficient (Wildman–Crippen LogP) is 1.15. The van der Waals surface area contributed by atoms with Gasteiger partial charge in [-0.25, -0.2) is 8.42 Å². The number of hydrogen-bond acceptors (Lipinski definition) is 6. The zero-order valence-corrected chi connectivity index (χ0v) is 17.1. The van der Waals surface area contributed by atoms with Gasteiger partial charge >= 0.3 is 5.97 Å². The maximum Gasteiger partial charge on any atom is 0.311 e. The number of hydrogen-bond donors (Lipinski definition) is 1. The van der Waals surface area contributed by atoms with Crippen LogP contribution in [0.5, 0.6) is 0 Å². The van der Waals surface area contributed by atoms with Crippen LogP contribution in [0.15, 0.2) is 24.3 Å². The van der Waals surface area contributed by atoms with E-state index in [9.17, 15) is 22.8 Å². The molecule has 1 fully saturated rings. The fraction of sp³-hybridized carbons (Fsp3) is 0.526. The molecule has 2 atom stereocenters. The number of anilines is 1. The van der Waals surface area contributed by atoms with Crippen molar-refractivity contribution in [1.29, 1.82) is 0 Å². The van der Waals surface area contributed by atoms with E-state index in [0.29, 0.717) is 24.2 Å². The fourth-order valence-electron chi connectivity index (χ4n) is 3.21. The first-order chi connectivity index (χ1) is 13.1.